The molecule has 0 radical (unpaired) electrons. The second kappa shape index (κ2) is 8.71. The van der Waals surface area contributed by atoms with Gasteiger partial charge in [0, 0.05) is 35.4 Å². The van der Waals surface area contributed by atoms with Gasteiger partial charge in [-0.05, 0) is 43.3 Å². The zero-order valence-corrected chi connectivity index (χ0v) is 18.2. The molecule has 0 aliphatic heterocycles. The molecule has 0 atom stereocenters. The Morgan fingerprint density at radius 3 is 2.71 bits per heavy atom. The zero-order chi connectivity index (χ0) is 21.0. The Hall–Kier alpha value is -3.49. The molecule has 8 heteroatoms. The third kappa shape index (κ3) is 4.50. The molecule has 0 unspecified atom stereocenters. The molecule has 6 nitrogen and oxygen atoms in total. The van der Waals surface area contributed by atoms with Crippen LogP contribution in [0.2, 0.25) is 0 Å². The molecule has 0 bridgehead atoms. The number of aryl methyl sites for hydroxylation is 1. The van der Waals surface area contributed by atoms with Gasteiger partial charge in [0.1, 0.15) is 22.3 Å². The monoisotopic (exact) mass is 443 g/mol. The highest BCUT2D eigenvalue weighted by atomic mass is 32.2. The third-order valence-corrected chi connectivity index (χ3v) is 6.22. The molecule has 152 valence electrons. The van der Waals surface area contributed by atoms with Crippen LogP contribution >= 0.6 is 23.1 Å². The van der Waals surface area contributed by atoms with E-state index >= 15 is 0 Å². The molecule has 0 fully saturated rings. The SMILES string of the molecule is Cc1csc(Nc2cc(Oc3cccc4ncccc34)c(Sc3ccccn3)cn2)n1. The highest BCUT2D eigenvalue weighted by Crippen LogP contribution is 2.39. The van der Waals surface area contributed by atoms with Crippen LogP contribution in [0.15, 0.2) is 88.5 Å². The number of hydrogen-bond donors (Lipinski definition) is 1. The van der Waals surface area contributed by atoms with Crippen molar-refractivity contribution in [2.75, 3.05) is 5.32 Å². The van der Waals surface area contributed by atoms with Crippen molar-refractivity contribution in [1.82, 2.24) is 19.9 Å². The van der Waals surface area contributed by atoms with Crippen molar-refractivity contribution in [3.8, 4) is 11.5 Å². The topological polar surface area (TPSA) is 72.8 Å². The maximum atomic E-state index is 6.39. The number of ether oxygens (including phenoxy) is 1. The molecule has 0 amide bonds. The van der Waals surface area contributed by atoms with E-state index in [1.54, 1.807) is 18.6 Å². The van der Waals surface area contributed by atoms with E-state index in [1.165, 1.54) is 23.1 Å². The molecule has 0 aliphatic carbocycles. The van der Waals surface area contributed by atoms with E-state index in [0.717, 1.165) is 37.4 Å². The van der Waals surface area contributed by atoms with Gasteiger partial charge in [0.25, 0.3) is 0 Å². The molecule has 4 heterocycles. The van der Waals surface area contributed by atoms with Crippen molar-refractivity contribution >= 4 is 45.0 Å². The van der Waals surface area contributed by atoms with Crippen LogP contribution in [-0.2, 0) is 0 Å². The highest BCUT2D eigenvalue weighted by molar-refractivity contribution is 7.99. The van der Waals surface area contributed by atoms with Crippen LogP contribution in [0.5, 0.6) is 11.5 Å². The summed E-state index contributed by atoms with van der Waals surface area (Å²) in [7, 11) is 0. The van der Waals surface area contributed by atoms with Crippen LogP contribution in [-0.4, -0.2) is 19.9 Å². The minimum Gasteiger partial charge on any atom is -0.455 e. The molecular weight excluding hydrogens is 426 g/mol. The first-order valence-electron chi connectivity index (χ1n) is 9.54. The lowest BCUT2D eigenvalue weighted by atomic mass is 10.2. The van der Waals surface area contributed by atoms with Crippen LogP contribution in [0.1, 0.15) is 5.69 Å². The lowest BCUT2D eigenvalue weighted by molar-refractivity contribution is 0.475. The summed E-state index contributed by atoms with van der Waals surface area (Å²) < 4.78 is 6.39. The van der Waals surface area contributed by atoms with Crippen molar-refractivity contribution in [1.29, 1.82) is 0 Å². The average molecular weight is 444 g/mol. The minimum atomic E-state index is 0.660. The summed E-state index contributed by atoms with van der Waals surface area (Å²) >= 11 is 3.04. The summed E-state index contributed by atoms with van der Waals surface area (Å²) in [5.41, 5.74) is 1.85. The summed E-state index contributed by atoms with van der Waals surface area (Å²) in [5, 5.41) is 7.85. The van der Waals surface area contributed by atoms with Crippen LogP contribution < -0.4 is 10.1 Å². The van der Waals surface area contributed by atoms with Gasteiger partial charge in [0.15, 0.2) is 5.13 Å². The Bertz CT molecular complexity index is 1340. The van der Waals surface area contributed by atoms with Crippen molar-refractivity contribution in [2.45, 2.75) is 16.8 Å². The minimum absolute atomic E-state index is 0.660. The summed E-state index contributed by atoms with van der Waals surface area (Å²) in [5.74, 6) is 2.07. The number of benzene rings is 1. The van der Waals surface area contributed by atoms with Gasteiger partial charge in [0.2, 0.25) is 0 Å². The fourth-order valence-electron chi connectivity index (χ4n) is 2.97. The Balaban J connectivity index is 1.53. The summed E-state index contributed by atoms with van der Waals surface area (Å²) in [6.07, 6.45) is 5.34. The first kappa shape index (κ1) is 19.5. The van der Waals surface area contributed by atoms with Crippen LogP contribution in [0.4, 0.5) is 10.9 Å². The van der Waals surface area contributed by atoms with Gasteiger partial charge in [-0.1, -0.05) is 23.9 Å². The predicted molar refractivity (Wildman–Crippen MR) is 125 cm³/mol. The Morgan fingerprint density at radius 1 is 0.935 bits per heavy atom. The van der Waals surface area contributed by atoms with E-state index in [2.05, 4.69) is 25.3 Å². The number of nitrogens with one attached hydrogen (secondary N) is 1. The smallest absolute Gasteiger partial charge is 0.188 e. The molecule has 5 aromatic rings. The normalized spacial score (nSPS) is 10.9. The van der Waals surface area contributed by atoms with E-state index in [9.17, 15) is 0 Å². The van der Waals surface area contributed by atoms with E-state index in [-0.39, 0.29) is 0 Å². The maximum absolute atomic E-state index is 6.39. The van der Waals surface area contributed by atoms with Gasteiger partial charge in [-0.25, -0.2) is 15.0 Å². The van der Waals surface area contributed by atoms with Crippen molar-refractivity contribution < 1.29 is 4.74 Å². The number of fused-ring (bicyclic) bond motifs is 1. The fraction of sp³-hybridized carbons (Fsp3) is 0.0435. The summed E-state index contributed by atoms with van der Waals surface area (Å²) in [6.45, 7) is 1.96. The van der Waals surface area contributed by atoms with E-state index in [0.29, 0.717) is 11.6 Å². The van der Waals surface area contributed by atoms with Gasteiger partial charge in [-0.3, -0.25) is 4.98 Å². The predicted octanol–water partition coefficient (Wildman–Crippen LogP) is 6.48. The number of pyridine rings is 3. The second-order valence-corrected chi connectivity index (χ2v) is 8.55. The highest BCUT2D eigenvalue weighted by Gasteiger charge is 2.13. The van der Waals surface area contributed by atoms with E-state index in [1.807, 2.05) is 66.9 Å². The van der Waals surface area contributed by atoms with E-state index in [4.69, 9.17) is 4.74 Å². The molecule has 31 heavy (non-hydrogen) atoms. The Kier molecular flexibility index (Phi) is 5.47. The van der Waals surface area contributed by atoms with Crippen molar-refractivity contribution in [3.05, 3.63) is 84.3 Å². The molecule has 0 saturated heterocycles. The first-order chi connectivity index (χ1) is 15.2. The average Bonchev–Trinajstić information content (AvgIpc) is 3.21. The summed E-state index contributed by atoms with van der Waals surface area (Å²) in [4.78, 5) is 18.7. The van der Waals surface area contributed by atoms with Crippen LogP contribution in [0.3, 0.4) is 0 Å². The maximum Gasteiger partial charge on any atom is 0.188 e. The van der Waals surface area contributed by atoms with Gasteiger partial charge >= 0.3 is 0 Å². The number of hydrogen-bond acceptors (Lipinski definition) is 8. The van der Waals surface area contributed by atoms with Crippen molar-refractivity contribution in [2.24, 2.45) is 0 Å². The molecule has 0 spiro atoms. The number of thiazole rings is 1. The number of aromatic nitrogens is 4. The number of nitrogens with zero attached hydrogens (tertiary/aromatic N) is 4. The van der Waals surface area contributed by atoms with Crippen LogP contribution in [0.25, 0.3) is 10.9 Å². The molecule has 1 aromatic carbocycles. The standard InChI is InChI=1S/C23H17N5OS2/c1-15-14-30-23(27-15)28-21-12-19(20(13-26-21)31-22-9-2-3-10-25-22)29-18-8-4-7-17-16(18)6-5-11-24-17/h2-14H,1H3,(H,26,27,28). The molecule has 4 aromatic heterocycles. The first-order valence-corrected chi connectivity index (χ1v) is 11.2. The fourth-order valence-corrected chi connectivity index (χ4v) is 4.46. The van der Waals surface area contributed by atoms with Gasteiger partial charge in [-0.15, -0.1) is 11.3 Å². The third-order valence-electron chi connectivity index (χ3n) is 4.36. The lowest BCUT2D eigenvalue weighted by Gasteiger charge is -2.13. The zero-order valence-electron chi connectivity index (χ0n) is 16.5. The largest absolute Gasteiger partial charge is 0.455 e. The van der Waals surface area contributed by atoms with Crippen molar-refractivity contribution in [3.63, 3.8) is 0 Å². The summed E-state index contributed by atoms with van der Waals surface area (Å²) in [6, 6.07) is 17.5. The van der Waals surface area contributed by atoms with Gasteiger partial charge in [0.05, 0.1) is 16.1 Å². The quantitative estimate of drug-likeness (QED) is 0.322. The van der Waals surface area contributed by atoms with Gasteiger partial charge in [-0.2, -0.15) is 0 Å². The number of anilines is 2. The van der Waals surface area contributed by atoms with Crippen LogP contribution in [0, 0.1) is 6.92 Å². The molecule has 1 N–H and O–H groups in total. The molecule has 5 rings (SSSR count). The number of rotatable bonds is 6. The van der Waals surface area contributed by atoms with Gasteiger partial charge < -0.3 is 10.1 Å². The molecule has 0 saturated carbocycles. The Labute approximate surface area is 187 Å². The van der Waals surface area contributed by atoms with E-state index < -0.39 is 0 Å². The molecule has 0 aliphatic rings. The Morgan fingerprint density at radius 2 is 1.87 bits per heavy atom. The second-order valence-electron chi connectivity index (χ2n) is 6.63. The lowest BCUT2D eigenvalue weighted by Crippen LogP contribution is -1.96. The molecular formula is C23H17N5OS2.